The molecule has 0 bridgehead atoms. The molecule has 7 heteroatoms. The Hall–Kier alpha value is -2.80. The van der Waals surface area contributed by atoms with Gasteiger partial charge in [0, 0.05) is 32.4 Å². The molecule has 0 N–H and O–H groups in total. The van der Waals surface area contributed by atoms with Gasteiger partial charge in [0.25, 0.3) is 5.91 Å². The van der Waals surface area contributed by atoms with E-state index in [0.717, 1.165) is 18.9 Å². The minimum absolute atomic E-state index is 0.166. The molecule has 0 aliphatic carbocycles. The third-order valence-corrected chi connectivity index (χ3v) is 4.94. The summed E-state index contributed by atoms with van der Waals surface area (Å²) in [5.74, 6) is 0.0654. The van der Waals surface area contributed by atoms with Crippen molar-refractivity contribution < 1.29 is 14.0 Å². The molecule has 2 aliphatic heterocycles. The van der Waals surface area contributed by atoms with E-state index < -0.39 is 11.9 Å². The number of carbonyl (C=O) groups is 2. The molecule has 0 saturated carbocycles. The Morgan fingerprint density at radius 2 is 1.69 bits per heavy atom. The van der Waals surface area contributed by atoms with Crippen molar-refractivity contribution in [3.8, 4) is 0 Å². The van der Waals surface area contributed by atoms with Crippen molar-refractivity contribution in [1.82, 2.24) is 9.88 Å². The lowest BCUT2D eigenvalue weighted by atomic mass is 10.1. The van der Waals surface area contributed by atoms with Crippen LogP contribution >= 0.6 is 0 Å². The average Bonchev–Trinajstić information content (AvgIpc) is 2.98. The number of pyridine rings is 1. The minimum Gasteiger partial charge on any atom is -0.354 e. The molecule has 0 spiro atoms. The number of nitrogens with zero attached hydrogens (tertiary/aromatic N) is 4. The van der Waals surface area contributed by atoms with E-state index in [1.54, 1.807) is 6.20 Å². The molecule has 1 atom stereocenters. The minimum atomic E-state index is -0.446. The van der Waals surface area contributed by atoms with Gasteiger partial charge in [0.15, 0.2) is 0 Å². The Morgan fingerprint density at radius 1 is 0.962 bits per heavy atom. The zero-order valence-corrected chi connectivity index (χ0v) is 14.2. The van der Waals surface area contributed by atoms with E-state index in [-0.39, 0.29) is 18.2 Å². The number of halogens is 1. The van der Waals surface area contributed by atoms with Crippen LogP contribution in [0.4, 0.5) is 15.9 Å². The monoisotopic (exact) mass is 354 g/mol. The Labute approximate surface area is 150 Å². The third-order valence-electron chi connectivity index (χ3n) is 4.94. The number of benzene rings is 1. The number of hydrogen-bond acceptors (Lipinski definition) is 5. The Balaban J connectivity index is 1.44. The van der Waals surface area contributed by atoms with Crippen molar-refractivity contribution in [2.75, 3.05) is 36.0 Å². The Bertz CT molecular complexity index is 804. The number of anilines is 2. The molecule has 1 aromatic heterocycles. The predicted molar refractivity (Wildman–Crippen MR) is 95.3 cm³/mol. The second-order valence-electron chi connectivity index (χ2n) is 6.47. The maximum Gasteiger partial charge on any atom is 0.251 e. The summed E-state index contributed by atoms with van der Waals surface area (Å²) in [7, 11) is 0. The summed E-state index contributed by atoms with van der Waals surface area (Å²) in [6, 6.07) is 10.8. The van der Waals surface area contributed by atoms with Crippen molar-refractivity contribution in [3.05, 3.63) is 54.5 Å². The summed E-state index contributed by atoms with van der Waals surface area (Å²) in [4.78, 5) is 34.9. The largest absolute Gasteiger partial charge is 0.354 e. The van der Waals surface area contributed by atoms with Crippen LogP contribution in [0.2, 0.25) is 0 Å². The fourth-order valence-corrected chi connectivity index (χ4v) is 3.57. The number of piperazine rings is 1. The highest BCUT2D eigenvalue weighted by Gasteiger charge is 2.43. The van der Waals surface area contributed by atoms with E-state index in [4.69, 9.17) is 0 Å². The van der Waals surface area contributed by atoms with Crippen LogP contribution in [-0.2, 0) is 9.59 Å². The molecule has 2 fully saturated rings. The van der Waals surface area contributed by atoms with Gasteiger partial charge >= 0.3 is 0 Å². The van der Waals surface area contributed by atoms with Crippen LogP contribution < -0.4 is 9.80 Å². The molecule has 0 unspecified atom stereocenters. The second kappa shape index (κ2) is 6.84. The van der Waals surface area contributed by atoms with Gasteiger partial charge in [-0.2, -0.15) is 0 Å². The normalized spacial score (nSPS) is 21.5. The van der Waals surface area contributed by atoms with Gasteiger partial charge < -0.3 is 4.90 Å². The molecule has 6 nitrogen and oxygen atoms in total. The second-order valence-corrected chi connectivity index (χ2v) is 6.47. The van der Waals surface area contributed by atoms with Crippen molar-refractivity contribution in [2.45, 2.75) is 12.5 Å². The van der Waals surface area contributed by atoms with Crippen molar-refractivity contribution in [2.24, 2.45) is 0 Å². The van der Waals surface area contributed by atoms with E-state index in [1.165, 1.54) is 29.2 Å². The summed E-state index contributed by atoms with van der Waals surface area (Å²) < 4.78 is 13.1. The molecule has 26 heavy (non-hydrogen) atoms. The number of aromatic nitrogens is 1. The van der Waals surface area contributed by atoms with Crippen LogP contribution in [0.15, 0.2) is 48.7 Å². The van der Waals surface area contributed by atoms with Crippen LogP contribution in [0.5, 0.6) is 0 Å². The van der Waals surface area contributed by atoms with Crippen LogP contribution in [0.25, 0.3) is 0 Å². The van der Waals surface area contributed by atoms with Crippen molar-refractivity contribution >= 4 is 23.3 Å². The van der Waals surface area contributed by atoms with Gasteiger partial charge in [-0.3, -0.25) is 14.5 Å². The number of carbonyl (C=O) groups excluding carboxylic acids is 2. The van der Waals surface area contributed by atoms with E-state index in [1.807, 2.05) is 18.2 Å². The maximum atomic E-state index is 13.1. The average molecular weight is 354 g/mol. The Kier molecular flexibility index (Phi) is 4.38. The number of amides is 2. The highest BCUT2D eigenvalue weighted by atomic mass is 19.1. The number of hydrogen-bond donors (Lipinski definition) is 0. The van der Waals surface area contributed by atoms with Crippen LogP contribution in [0, 0.1) is 5.82 Å². The fourth-order valence-electron chi connectivity index (χ4n) is 3.57. The molecule has 134 valence electrons. The quantitative estimate of drug-likeness (QED) is 0.785. The summed E-state index contributed by atoms with van der Waals surface area (Å²) >= 11 is 0. The SMILES string of the molecule is O=C1C[C@@H](N2CCN(c3ccccn3)CC2)C(=O)N1c1ccc(F)cc1. The summed E-state index contributed by atoms with van der Waals surface area (Å²) in [6.07, 6.45) is 1.93. The molecule has 2 amide bonds. The first-order valence-electron chi connectivity index (χ1n) is 8.66. The molecular weight excluding hydrogens is 335 g/mol. The standard InChI is InChI=1S/C19H19FN4O2/c20-14-4-6-15(7-5-14)24-18(25)13-16(19(24)26)22-9-11-23(12-10-22)17-3-1-2-8-21-17/h1-8,16H,9-13H2/t16-/m1/s1. The van der Waals surface area contributed by atoms with Gasteiger partial charge in [-0.05, 0) is 36.4 Å². The molecule has 2 saturated heterocycles. The number of rotatable bonds is 3. The highest BCUT2D eigenvalue weighted by molar-refractivity contribution is 6.22. The number of imide groups is 1. The lowest BCUT2D eigenvalue weighted by Crippen LogP contribution is -2.52. The molecule has 1 aromatic carbocycles. The van der Waals surface area contributed by atoms with Crippen LogP contribution in [0.1, 0.15) is 6.42 Å². The summed E-state index contributed by atoms with van der Waals surface area (Å²) in [5.41, 5.74) is 0.427. The topological polar surface area (TPSA) is 56.8 Å². The highest BCUT2D eigenvalue weighted by Crippen LogP contribution is 2.27. The first-order valence-corrected chi connectivity index (χ1v) is 8.66. The molecule has 2 aromatic rings. The lowest BCUT2D eigenvalue weighted by molar-refractivity contribution is -0.123. The van der Waals surface area contributed by atoms with Crippen molar-refractivity contribution in [3.63, 3.8) is 0 Å². The molecule has 0 radical (unpaired) electrons. The fraction of sp³-hybridized carbons (Fsp3) is 0.316. The first kappa shape index (κ1) is 16.7. The summed E-state index contributed by atoms with van der Waals surface area (Å²) in [6.45, 7) is 2.89. The van der Waals surface area contributed by atoms with Gasteiger partial charge in [0.2, 0.25) is 5.91 Å². The van der Waals surface area contributed by atoms with E-state index in [0.29, 0.717) is 18.8 Å². The van der Waals surface area contributed by atoms with Gasteiger partial charge in [-0.25, -0.2) is 14.3 Å². The van der Waals surface area contributed by atoms with Crippen molar-refractivity contribution in [1.29, 1.82) is 0 Å². The van der Waals surface area contributed by atoms with Gasteiger partial charge in [0.05, 0.1) is 18.2 Å². The molecule has 4 rings (SSSR count). The van der Waals surface area contributed by atoms with Gasteiger partial charge in [0.1, 0.15) is 11.6 Å². The van der Waals surface area contributed by atoms with E-state index >= 15 is 0 Å². The van der Waals surface area contributed by atoms with E-state index in [9.17, 15) is 14.0 Å². The van der Waals surface area contributed by atoms with Gasteiger partial charge in [-0.15, -0.1) is 0 Å². The Morgan fingerprint density at radius 3 is 2.35 bits per heavy atom. The smallest absolute Gasteiger partial charge is 0.251 e. The molecule has 2 aliphatic rings. The third kappa shape index (κ3) is 3.06. The summed E-state index contributed by atoms with van der Waals surface area (Å²) in [5, 5.41) is 0. The predicted octanol–water partition coefficient (Wildman–Crippen LogP) is 1.67. The van der Waals surface area contributed by atoms with E-state index in [2.05, 4.69) is 14.8 Å². The first-order chi connectivity index (χ1) is 12.6. The zero-order chi connectivity index (χ0) is 18.1. The lowest BCUT2D eigenvalue weighted by Gasteiger charge is -2.37. The zero-order valence-electron chi connectivity index (χ0n) is 14.2. The maximum absolute atomic E-state index is 13.1. The van der Waals surface area contributed by atoms with Crippen LogP contribution in [0.3, 0.4) is 0 Å². The molecule has 3 heterocycles. The van der Waals surface area contributed by atoms with Crippen LogP contribution in [-0.4, -0.2) is 53.9 Å². The molecular formula is C19H19FN4O2. The van der Waals surface area contributed by atoms with Gasteiger partial charge in [-0.1, -0.05) is 6.07 Å².